The molecule has 0 aromatic carbocycles. The molecule has 0 fully saturated rings. The molecule has 0 N–H and O–H groups in total. The first-order valence-electron chi connectivity index (χ1n) is 7.32. The average molecular weight is 355 g/mol. The topological polar surface area (TPSA) is 36.9 Å². The molecule has 0 aliphatic rings. The molecule has 0 saturated heterocycles. The quantitative estimate of drug-likeness (QED) is 0.605. The van der Waals surface area contributed by atoms with E-state index in [1.54, 1.807) is 0 Å². The fraction of sp³-hybridized carbons (Fsp3) is 1.00. The van der Waals surface area contributed by atoms with Crippen LogP contribution in [0.25, 0.3) is 0 Å². The molecule has 20 heavy (non-hydrogen) atoms. The molecule has 0 unspecified atom stereocenters. The lowest BCUT2D eigenvalue weighted by Crippen LogP contribution is -2.63. The van der Waals surface area contributed by atoms with Gasteiger partial charge in [0.1, 0.15) is 0 Å². The van der Waals surface area contributed by atoms with E-state index in [-0.39, 0.29) is 6.10 Å². The van der Waals surface area contributed by atoms with E-state index in [4.69, 9.17) is 16.8 Å². The molecule has 0 spiro atoms. The Morgan fingerprint density at radius 2 is 0.800 bits per heavy atom. The van der Waals surface area contributed by atoms with E-state index >= 15 is 0 Å². The smallest absolute Gasteiger partial charge is 0.395 e. The molecule has 0 saturated carbocycles. The van der Waals surface area contributed by atoms with Crippen molar-refractivity contribution in [2.45, 2.75) is 78.9 Å². The maximum atomic E-state index is 6.37. The third-order valence-corrected chi connectivity index (χ3v) is 12.8. The fourth-order valence-corrected chi connectivity index (χ4v) is 13.3. The summed E-state index contributed by atoms with van der Waals surface area (Å²) < 4.78 is 25.2. The first-order valence-corrected chi connectivity index (χ1v) is 19.2. The Morgan fingerprint density at radius 3 is 0.950 bits per heavy atom. The van der Waals surface area contributed by atoms with Crippen LogP contribution in [0.4, 0.5) is 0 Å². The van der Waals surface area contributed by atoms with Crippen LogP contribution in [0.1, 0.15) is 13.8 Å². The molecule has 4 nitrogen and oxygen atoms in total. The van der Waals surface area contributed by atoms with Gasteiger partial charge in [-0.3, -0.25) is 0 Å². The monoisotopic (exact) mass is 354 g/mol. The molecule has 0 aliphatic heterocycles. The predicted molar refractivity (Wildman–Crippen MR) is 95.3 cm³/mol. The van der Waals surface area contributed by atoms with E-state index in [1.165, 1.54) is 0 Å². The molecule has 122 valence electrons. The van der Waals surface area contributed by atoms with Crippen LogP contribution in [0.2, 0.25) is 58.9 Å². The van der Waals surface area contributed by atoms with Crippen molar-refractivity contribution in [1.29, 1.82) is 0 Å². The largest absolute Gasteiger partial charge is 0.647 e. The lowest BCUT2D eigenvalue weighted by Gasteiger charge is -2.41. The van der Waals surface area contributed by atoms with Crippen molar-refractivity contribution in [2.75, 3.05) is 0 Å². The molecular weight excluding hydrogens is 320 g/mol. The second-order valence-corrected chi connectivity index (χ2v) is 24.7. The Hall–Kier alpha value is 0.708. The highest BCUT2D eigenvalue weighted by Crippen LogP contribution is 2.27. The second kappa shape index (κ2) is 6.86. The van der Waals surface area contributed by atoms with Gasteiger partial charge in [0.05, 0.1) is 0 Å². The molecule has 0 aromatic heterocycles. The summed E-state index contributed by atoms with van der Waals surface area (Å²) in [4.78, 5) is 0. The Balaban J connectivity index is 5.50. The summed E-state index contributed by atoms with van der Waals surface area (Å²) in [6.45, 7) is 23.4. The molecule has 8 heteroatoms. The lowest BCUT2D eigenvalue weighted by molar-refractivity contribution is 0.0547. The van der Waals surface area contributed by atoms with E-state index < -0.39 is 34.0 Å². The summed E-state index contributed by atoms with van der Waals surface area (Å²) in [5, 5.41) is 0. The van der Waals surface area contributed by atoms with Crippen LogP contribution < -0.4 is 0 Å². The molecule has 0 bridgehead atoms. The number of hydrogen-bond acceptors (Lipinski definition) is 4. The summed E-state index contributed by atoms with van der Waals surface area (Å²) in [7, 11) is -8.56. The summed E-state index contributed by atoms with van der Waals surface area (Å²) >= 11 is 0. The van der Waals surface area contributed by atoms with Gasteiger partial charge >= 0.3 is 9.05 Å². The van der Waals surface area contributed by atoms with Crippen molar-refractivity contribution in [2.24, 2.45) is 0 Å². The zero-order chi connectivity index (χ0) is 16.4. The van der Waals surface area contributed by atoms with Gasteiger partial charge in [-0.05, 0) is 72.8 Å². The van der Waals surface area contributed by atoms with Crippen molar-refractivity contribution in [3.8, 4) is 0 Å². The van der Waals surface area contributed by atoms with Crippen molar-refractivity contribution in [3.63, 3.8) is 0 Å². The first-order chi connectivity index (χ1) is 8.54. The normalized spacial score (nSPS) is 15.0. The van der Waals surface area contributed by atoms with Crippen molar-refractivity contribution in [3.05, 3.63) is 0 Å². The van der Waals surface area contributed by atoms with Gasteiger partial charge in [0, 0.05) is 6.10 Å². The van der Waals surface area contributed by atoms with Gasteiger partial charge in [-0.25, -0.2) is 0 Å². The van der Waals surface area contributed by atoms with Crippen molar-refractivity contribution < 1.29 is 16.8 Å². The van der Waals surface area contributed by atoms with Crippen LogP contribution in [-0.2, 0) is 16.8 Å². The third kappa shape index (κ3) is 10.4. The van der Waals surface area contributed by atoms with Gasteiger partial charge in [-0.1, -0.05) is 0 Å². The van der Waals surface area contributed by atoms with Gasteiger partial charge in [0.15, 0.2) is 25.0 Å². The molecule has 0 aromatic rings. The molecule has 0 amide bonds. The number of hydrogen-bond donors (Lipinski definition) is 0. The Bertz CT molecular complexity index is 261. The van der Waals surface area contributed by atoms with E-state index in [0.29, 0.717) is 0 Å². The number of rotatable bonds is 8. The highest BCUT2D eigenvalue weighted by Gasteiger charge is 2.54. The second-order valence-electron chi connectivity index (χ2n) is 8.31. The Kier molecular flexibility index (Phi) is 7.10. The zero-order valence-electron chi connectivity index (χ0n) is 15.2. The summed E-state index contributed by atoms with van der Waals surface area (Å²) in [6.07, 6.45) is 0.0331. The zero-order valence-corrected chi connectivity index (χ0v) is 19.2. The third-order valence-electron chi connectivity index (χ3n) is 1.67. The van der Waals surface area contributed by atoms with E-state index in [0.717, 1.165) is 0 Å². The Labute approximate surface area is 130 Å². The van der Waals surface area contributed by atoms with Gasteiger partial charge in [-0.15, -0.1) is 0 Å². The molecule has 0 atom stereocenters. The van der Waals surface area contributed by atoms with Crippen LogP contribution in [-0.4, -0.2) is 40.1 Å². The molecule has 0 aliphatic carbocycles. The highest BCUT2D eigenvalue weighted by molar-refractivity contribution is 6.87. The minimum Gasteiger partial charge on any atom is -0.395 e. The average Bonchev–Trinajstić information content (AvgIpc) is 1.86. The lowest BCUT2D eigenvalue weighted by atomic mass is 10.5. The van der Waals surface area contributed by atoms with Gasteiger partial charge in [-0.2, -0.15) is 0 Å². The van der Waals surface area contributed by atoms with E-state index in [1.807, 2.05) is 13.8 Å². The summed E-state index contributed by atoms with van der Waals surface area (Å²) in [5.41, 5.74) is 0. The van der Waals surface area contributed by atoms with Gasteiger partial charge in [0.2, 0.25) is 0 Å². The maximum Gasteiger partial charge on any atom is 0.647 e. The van der Waals surface area contributed by atoms with Gasteiger partial charge in [0.25, 0.3) is 0 Å². The molecule has 0 radical (unpaired) electrons. The fourth-order valence-electron chi connectivity index (χ4n) is 1.55. The van der Waals surface area contributed by atoms with E-state index in [2.05, 4.69) is 58.9 Å². The van der Waals surface area contributed by atoms with Crippen LogP contribution in [0.15, 0.2) is 0 Å². The predicted octanol–water partition coefficient (Wildman–Crippen LogP) is 4.40. The minimum atomic E-state index is -3.08. The van der Waals surface area contributed by atoms with Crippen molar-refractivity contribution >= 4 is 34.0 Å². The summed E-state index contributed by atoms with van der Waals surface area (Å²) in [5.74, 6) is 0. The highest BCUT2D eigenvalue weighted by atomic mass is 28.5. The van der Waals surface area contributed by atoms with Gasteiger partial charge < -0.3 is 16.8 Å². The molecular formula is C12H34O4Si4. The van der Waals surface area contributed by atoms with Crippen LogP contribution >= 0.6 is 0 Å². The van der Waals surface area contributed by atoms with Crippen LogP contribution in [0.5, 0.6) is 0 Å². The SMILES string of the molecule is CC(C)O[Si](O[Si](C)(C)C)(O[Si](C)(C)C)O[Si](C)(C)C. The maximum absolute atomic E-state index is 6.37. The van der Waals surface area contributed by atoms with Crippen LogP contribution in [0, 0.1) is 0 Å². The molecule has 0 rings (SSSR count). The van der Waals surface area contributed by atoms with Crippen molar-refractivity contribution in [1.82, 2.24) is 0 Å². The van der Waals surface area contributed by atoms with Crippen LogP contribution in [0.3, 0.4) is 0 Å². The first kappa shape index (κ1) is 20.7. The summed E-state index contributed by atoms with van der Waals surface area (Å²) in [6, 6.07) is 0. The minimum absolute atomic E-state index is 0.0331. The van der Waals surface area contributed by atoms with E-state index in [9.17, 15) is 0 Å². The molecule has 0 heterocycles. The standard InChI is InChI=1S/C12H34O4Si4/c1-12(2)13-20(14-17(3,4)5,15-18(6,7)8)16-19(9,10)11/h12H,1-11H3. The Morgan fingerprint density at radius 1 is 0.550 bits per heavy atom.